The zero-order valence-electron chi connectivity index (χ0n) is 20.7. The molecular weight excluding hydrogens is 434 g/mol. The lowest BCUT2D eigenvalue weighted by atomic mass is 9.84. The smallest absolute Gasteiger partial charge is 0.337 e. The number of Topliss-reactive ketones (excluding diaryl/α,β-unsaturated/α-hetero) is 2. The Labute approximate surface area is 200 Å². The molecule has 33 heavy (non-hydrogen) atoms. The van der Waals surface area contributed by atoms with Gasteiger partial charge in [0.15, 0.2) is 11.6 Å². The van der Waals surface area contributed by atoms with E-state index in [0.717, 1.165) is 21.7 Å². The van der Waals surface area contributed by atoms with E-state index in [-0.39, 0.29) is 17.0 Å². The van der Waals surface area contributed by atoms with Crippen LogP contribution in [0.5, 0.6) is 0 Å². The van der Waals surface area contributed by atoms with Crippen LogP contribution in [-0.4, -0.2) is 29.6 Å². The van der Waals surface area contributed by atoms with Crippen LogP contribution in [0.25, 0.3) is 10.6 Å². The largest absolute Gasteiger partial charge is 0.465 e. The highest BCUT2D eigenvalue weighted by atomic mass is 32.1. The topological polar surface area (TPSA) is 73.3 Å². The molecule has 0 amide bonds. The maximum absolute atomic E-state index is 11.5. The molecule has 0 aliphatic heterocycles. The van der Waals surface area contributed by atoms with Gasteiger partial charge < -0.3 is 4.74 Å². The molecule has 1 heterocycles. The van der Waals surface area contributed by atoms with Crippen molar-refractivity contribution in [2.75, 3.05) is 7.11 Å². The SMILES string of the molecule is CC.CC(=O)c1cccc(-c2nccs2)c1.COC(=O)c1cc(C(C)=O)cc(C(C)(C)C)c1. The third kappa shape index (κ3) is 8.39. The second-order valence-corrected chi connectivity index (χ2v) is 8.97. The normalized spacial score (nSPS) is 10.2. The molecule has 0 saturated carbocycles. The van der Waals surface area contributed by atoms with Crippen molar-refractivity contribution in [3.05, 3.63) is 76.3 Å². The number of benzene rings is 2. The second kappa shape index (κ2) is 12.8. The van der Waals surface area contributed by atoms with Crippen LogP contribution < -0.4 is 0 Å². The first-order chi connectivity index (χ1) is 15.5. The number of thiazole rings is 1. The van der Waals surface area contributed by atoms with Crippen LogP contribution in [0, 0.1) is 0 Å². The van der Waals surface area contributed by atoms with Gasteiger partial charge >= 0.3 is 5.97 Å². The number of rotatable bonds is 4. The van der Waals surface area contributed by atoms with Crippen LogP contribution in [-0.2, 0) is 10.2 Å². The van der Waals surface area contributed by atoms with Crippen LogP contribution >= 0.6 is 11.3 Å². The van der Waals surface area contributed by atoms with Crippen molar-refractivity contribution in [3.8, 4) is 10.6 Å². The summed E-state index contributed by atoms with van der Waals surface area (Å²) < 4.78 is 4.69. The van der Waals surface area contributed by atoms with E-state index in [4.69, 9.17) is 0 Å². The van der Waals surface area contributed by atoms with Crippen molar-refractivity contribution in [3.63, 3.8) is 0 Å². The van der Waals surface area contributed by atoms with Crippen LogP contribution in [0.1, 0.15) is 85.1 Å². The predicted molar refractivity (Wildman–Crippen MR) is 135 cm³/mol. The molecule has 3 rings (SSSR count). The van der Waals surface area contributed by atoms with Crippen molar-refractivity contribution in [2.45, 2.75) is 53.9 Å². The monoisotopic (exact) mass is 467 g/mol. The summed E-state index contributed by atoms with van der Waals surface area (Å²) in [6.45, 7) is 13.2. The summed E-state index contributed by atoms with van der Waals surface area (Å²) in [5.41, 5.74) is 3.53. The minimum atomic E-state index is -0.418. The maximum Gasteiger partial charge on any atom is 0.337 e. The predicted octanol–water partition coefficient (Wildman–Crippen LogP) is 7.01. The molecule has 0 fully saturated rings. The minimum absolute atomic E-state index is 0.0544. The molecule has 0 spiro atoms. The van der Waals surface area contributed by atoms with Gasteiger partial charge in [-0.3, -0.25) is 9.59 Å². The average molecular weight is 468 g/mol. The first kappa shape index (κ1) is 27.9. The van der Waals surface area contributed by atoms with Gasteiger partial charge in [-0.05, 0) is 49.1 Å². The van der Waals surface area contributed by atoms with E-state index < -0.39 is 5.97 Å². The van der Waals surface area contributed by atoms with E-state index in [2.05, 4.69) is 9.72 Å². The third-order valence-electron chi connectivity index (χ3n) is 4.58. The summed E-state index contributed by atoms with van der Waals surface area (Å²) in [6.07, 6.45) is 1.76. The van der Waals surface area contributed by atoms with E-state index in [1.165, 1.54) is 14.0 Å². The van der Waals surface area contributed by atoms with Gasteiger partial charge in [-0.25, -0.2) is 9.78 Å². The second-order valence-electron chi connectivity index (χ2n) is 8.07. The number of ketones is 2. The zero-order chi connectivity index (χ0) is 25.2. The highest BCUT2D eigenvalue weighted by Crippen LogP contribution is 2.25. The number of aromatic nitrogens is 1. The summed E-state index contributed by atoms with van der Waals surface area (Å²) in [5.74, 6) is -0.386. The van der Waals surface area contributed by atoms with Gasteiger partial charge in [0.1, 0.15) is 5.01 Å². The fraction of sp³-hybridized carbons (Fsp3) is 0.333. The van der Waals surface area contributed by atoms with E-state index in [1.807, 2.05) is 70.3 Å². The molecule has 6 heteroatoms. The average Bonchev–Trinajstić information content (AvgIpc) is 3.34. The molecule has 0 unspecified atom stereocenters. The molecule has 0 N–H and O–H groups in total. The molecule has 1 aromatic heterocycles. The lowest BCUT2D eigenvalue weighted by molar-refractivity contribution is 0.0600. The Kier molecular flexibility index (Phi) is 10.8. The van der Waals surface area contributed by atoms with Crippen molar-refractivity contribution in [2.24, 2.45) is 0 Å². The number of carbonyl (C=O) groups is 3. The summed E-state index contributed by atoms with van der Waals surface area (Å²) in [5, 5.41) is 2.88. The first-order valence-electron chi connectivity index (χ1n) is 10.8. The Balaban J connectivity index is 0.000000311. The molecule has 3 aromatic rings. The van der Waals surface area contributed by atoms with Gasteiger partial charge in [0, 0.05) is 28.3 Å². The van der Waals surface area contributed by atoms with E-state index in [0.29, 0.717) is 11.1 Å². The third-order valence-corrected chi connectivity index (χ3v) is 5.40. The fourth-order valence-corrected chi connectivity index (χ4v) is 3.37. The number of hydrogen-bond acceptors (Lipinski definition) is 6. The number of nitrogens with zero attached hydrogens (tertiary/aromatic N) is 1. The Hall–Kier alpha value is -3.12. The van der Waals surface area contributed by atoms with E-state index >= 15 is 0 Å². The van der Waals surface area contributed by atoms with Gasteiger partial charge in [-0.2, -0.15) is 0 Å². The number of methoxy groups -OCH3 is 1. The Morgan fingerprint density at radius 2 is 1.48 bits per heavy atom. The Bertz CT molecular complexity index is 1080. The van der Waals surface area contributed by atoms with Crippen LogP contribution in [0.2, 0.25) is 0 Å². The summed E-state index contributed by atoms with van der Waals surface area (Å²) in [4.78, 5) is 38.3. The van der Waals surface area contributed by atoms with Crippen molar-refractivity contribution >= 4 is 28.9 Å². The zero-order valence-corrected chi connectivity index (χ0v) is 21.5. The lowest BCUT2D eigenvalue weighted by Gasteiger charge is -2.20. The Morgan fingerprint density at radius 1 is 0.879 bits per heavy atom. The Morgan fingerprint density at radius 3 is 1.97 bits per heavy atom. The van der Waals surface area contributed by atoms with Crippen LogP contribution in [0.15, 0.2) is 54.0 Å². The maximum atomic E-state index is 11.5. The molecule has 0 radical (unpaired) electrons. The van der Waals surface area contributed by atoms with Gasteiger partial charge in [0.25, 0.3) is 0 Å². The molecule has 0 bridgehead atoms. The molecule has 176 valence electrons. The van der Waals surface area contributed by atoms with Crippen molar-refractivity contribution < 1.29 is 19.1 Å². The summed E-state index contributed by atoms with van der Waals surface area (Å²) in [7, 11) is 1.33. The molecular formula is C27H33NO4S. The highest BCUT2D eigenvalue weighted by molar-refractivity contribution is 7.13. The summed E-state index contributed by atoms with van der Waals surface area (Å²) in [6, 6.07) is 12.7. The molecule has 2 aromatic carbocycles. The van der Waals surface area contributed by atoms with Crippen molar-refractivity contribution in [1.29, 1.82) is 0 Å². The number of ether oxygens (including phenoxy) is 1. The first-order valence-corrected chi connectivity index (χ1v) is 11.7. The highest BCUT2D eigenvalue weighted by Gasteiger charge is 2.18. The van der Waals surface area contributed by atoms with E-state index in [9.17, 15) is 14.4 Å². The molecule has 0 atom stereocenters. The summed E-state index contributed by atoms with van der Waals surface area (Å²) >= 11 is 1.57. The van der Waals surface area contributed by atoms with Gasteiger partial charge in [0.2, 0.25) is 0 Å². The number of hydrogen-bond donors (Lipinski definition) is 0. The van der Waals surface area contributed by atoms with Crippen LogP contribution in [0.3, 0.4) is 0 Å². The van der Waals surface area contributed by atoms with Crippen molar-refractivity contribution in [1.82, 2.24) is 4.98 Å². The van der Waals surface area contributed by atoms with Gasteiger partial charge in [-0.15, -0.1) is 11.3 Å². The lowest BCUT2D eigenvalue weighted by Crippen LogP contribution is -2.14. The molecule has 0 saturated heterocycles. The molecule has 0 aliphatic carbocycles. The molecule has 0 aliphatic rings. The number of esters is 1. The molecule has 5 nitrogen and oxygen atoms in total. The van der Waals surface area contributed by atoms with Gasteiger partial charge in [0.05, 0.1) is 12.7 Å². The fourth-order valence-electron chi connectivity index (χ4n) is 2.74. The number of carbonyl (C=O) groups excluding carboxylic acids is 3. The standard InChI is InChI=1S/C14H18O3.C11H9NOS.C2H6/c1-9(15)10-6-11(13(16)17-5)8-12(7-10)14(2,3)4;1-8(13)9-3-2-4-10(7-9)11-12-5-6-14-11;1-2/h6-8H,1-5H3;2-7H,1H3;1-2H3. The van der Waals surface area contributed by atoms with E-state index in [1.54, 1.807) is 36.6 Å². The minimum Gasteiger partial charge on any atom is -0.465 e. The quantitative estimate of drug-likeness (QED) is 0.305. The van der Waals surface area contributed by atoms with Gasteiger partial charge in [-0.1, -0.05) is 52.8 Å². The van der Waals surface area contributed by atoms with Crippen LogP contribution in [0.4, 0.5) is 0 Å².